The monoisotopic (exact) mass is 244 g/mol. The molecule has 0 saturated heterocycles. The quantitative estimate of drug-likeness (QED) is 0.515. The molecule has 1 aliphatic carbocycles. The first kappa shape index (κ1) is 13.3. The van der Waals surface area contributed by atoms with Crippen molar-refractivity contribution in [2.75, 3.05) is 0 Å². The highest BCUT2D eigenvalue weighted by Gasteiger charge is 2.28. The molecule has 0 bridgehead atoms. The van der Waals surface area contributed by atoms with Crippen LogP contribution in [0.3, 0.4) is 0 Å². The fourth-order valence-electron chi connectivity index (χ4n) is 2.93. The maximum absolute atomic E-state index is 12.6. The number of carbonyl (C=O) groups is 1. The van der Waals surface area contributed by atoms with E-state index in [2.05, 4.69) is 19.1 Å². The third-order valence-corrected chi connectivity index (χ3v) is 3.95. The molecule has 0 N–H and O–H groups in total. The first-order valence-corrected chi connectivity index (χ1v) is 7.08. The van der Waals surface area contributed by atoms with E-state index >= 15 is 0 Å². The molecular formula is C17H24O. The zero-order valence-electron chi connectivity index (χ0n) is 12.0. The fraction of sp³-hybridized carbons (Fsp3) is 0.588. The van der Waals surface area contributed by atoms with Crippen LogP contribution >= 0.6 is 0 Å². The van der Waals surface area contributed by atoms with Crippen LogP contribution in [0.2, 0.25) is 0 Å². The molecule has 1 aliphatic rings. The van der Waals surface area contributed by atoms with Gasteiger partial charge in [0, 0.05) is 11.0 Å². The van der Waals surface area contributed by atoms with Gasteiger partial charge in [-0.3, -0.25) is 4.79 Å². The molecule has 0 radical (unpaired) electrons. The lowest BCUT2D eigenvalue weighted by Crippen LogP contribution is -2.22. The van der Waals surface area contributed by atoms with E-state index in [9.17, 15) is 4.79 Å². The highest BCUT2D eigenvalue weighted by molar-refractivity contribution is 6.01. The molecule has 2 rings (SSSR count). The lowest BCUT2D eigenvalue weighted by molar-refractivity contribution is 0.0856. The lowest BCUT2D eigenvalue weighted by atomic mass is 9.80. The Morgan fingerprint density at radius 1 is 1.22 bits per heavy atom. The third-order valence-electron chi connectivity index (χ3n) is 3.95. The molecule has 1 heteroatoms. The number of aryl methyl sites for hydroxylation is 1. The predicted octanol–water partition coefficient (Wildman–Crippen LogP) is 4.75. The Kier molecular flexibility index (Phi) is 3.61. The number of fused-ring (bicyclic) bond motifs is 1. The smallest absolute Gasteiger partial charge is 0.168 e. The van der Waals surface area contributed by atoms with Crippen molar-refractivity contribution in [1.29, 1.82) is 0 Å². The number of benzene rings is 1. The predicted molar refractivity (Wildman–Crippen MR) is 76.2 cm³/mol. The first-order valence-electron chi connectivity index (χ1n) is 7.08. The van der Waals surface area contributed by atoms with Gasteiger partial charge in [0.1, 0.15) is 0 Å². The molecule has 0 fully saturated rings. The second kappa shape index (κ2) is 4.87. The number of ketones is 1. The van der Waals surface area contributed by atoms with E-state index in [0.717, 1.165) is 12.0 Å². The van der Waals surface area contributed by atoms with Crippen molar-refractivity contribution in [2.24, 2.45) is 5.41 Å². The molecule has 98 valence electrons. The van der Waals surface area contributed by atoms with Crippen LogP contribution in [0, 0.1) is 5.41 Å². The van der Waals surface area contributed by atoms with E-state index in [0.29, 0.717) is 5.92 Å². The van der Waals surface area contributed by atoms with Crippen LogP contribution in [-0.2, 0) is 6.42 Å². The van der Waals surface area contributed by atoms with Crippen LogP contribution < -0.4 is 0 Å². The Morgan fingerprint density at radius 2 is 1.94 bits per heavy atom. The Hall–Kier alpha value is -1.11. The SMILES string of the molecule is CC1CCCCc2cccc(C(=O)C(C)(C)C)c21. The molecule has 1 nitrogen and oxygen atoms in total. The summed E-state index contributed by atoms with van der Waals surface area (Å²) < 4.78 is 0. The molecule has 1 unspecified atom stereocenters. The second-order valence-corrected chi connectivity index (χ2v) is 6.60. The Labute approximate surface area is 111 Å². The van der Waals surface area contributed by atoms with Gasteiger partial charge >= 0.3 is 0 Å². The average Bonchev–Trinajstić information content (AvgIpc) is 2.49. The van der Waals surface area contributed by atoms with Crippen molar-refractivity contribution < 1.29 is 4.79 Å². The third kappa shape index (κ3) is 2.50. The molecule has 0 spiro atoms. The van der Waals surface area contributed by atoms with Gasteiger partial charge in [0.25, 0.3) is 0 Å². The van der Waals surface area contributed by atoms with E-state index in [1.54, 1.807) is 0 Å². The molecular weight excluding hydrogens is 220 g/mol. The van der Waals surface area contributed by atoms with Crippen molar-refractivity contribution in [1.82, 2.24) is 0 Å². The van der Waals surface area contributed by atoms with E-state index in [1.807, 2.05) is 26.8 Å². The topological polar surface area (TPSA) is 17.1 Å². The van der Waals surface area contributed by atoms with E-state index in [4.69, 9.17) is 0 Å². The number of Topliss-reactive ketones (excluding diaryl/α,β-unsaturated/α-hetero) is 1. The van der Waals surface area contributed by atoms with Crippen LogP contribution in [0.25, 0.3) is 0 Å². The summed E-state index contributed by atoms with van der Waals surface area (Å²) >= 11 is 0. The molecule has 0 heterocycles. The van der Waals surface area contributed by atoms with Crippen molar-refractivity contribution in [3.05, 3.63) is 34.9 Å². The summed E-state index contributed by atoms with van der Waals surface area (Å²) in [6, 6.07) is 6.28. The largest absolute Gasteiger partial charge is 0.294 e. The van der Waals surface area contributed by atoms with Gasteiger partial charge in [0.15, 0.2) is 5.78 Å². The number of carbonyl (C=O) groups excluding carboxylic acids is 1. The molecule has 0 amide bonds. The standard InChI is InChI=1S/C17H24O/c1-12-8-5-6-9-13-10-7-11-14(15(12)13)16(18)17(2,3)4/h7,10-12H,5-6,8-9H2,1-4H3. The van der Waals surface area contributed by atoms with Crippen LogP contribution in [0.5, 0.6) is 0 Å². The van der Waals surface area contributed by atoms with Gasteiger partial charge in [0.2, 0.25) is 0 Å². The lowest BCUT2D eigenvalue weighted by Gasteiger charge is -2.22. The summed E-state index contributed by atoms with van der Waals surface area (Å²) in [7, 11) is 0. The minimum Gasteiger partial charge on any atom is -0.294 e. The van der Waals surface area contributed by atoms with Gasteiger partial charge in [-0.1, -0.05) is 52.3 Å². The average molecular weight is 244 g/mol. The normalized spacial score (nSPS) is 20.1. The van der Waals surface area contributed by atoms with Crippen molar-refractivity contribution >= 4 is 5.78 Å². The molecule has 1 aromatic rings. The zero-order valence-corrected chi connectivity index (χ0v) is 12.0. The minimum atomic E-state index is -0.291. The molecule has 0 saturated carbocycles. The summed E-state index contributed by atoms with van der Waals surface area (Å²) in [6.45, 7) is 8.30. The van der Waals surface area contributed by atoms with Gasteiger partial charge in [-0.05, 0) is 36.3 Å². The Bertz CT molecular complexity index is 451. The Balaban J connectivity index is 2.53. The Morgan fingerprint density at radius 3 is 2.61 bits per heavy atom. The highest BCUT2D eigenvalue weighted by Crippen LogP contribution is 2.35. The second-order valence-electron chi connectivity index (χ2n) is 6.60. The van der Waals surface area contributed by atoms with Crippen LogP contribution in [0.4, 0.5) is 0 Å². The first-order chi connectivity index (χ1) is 8.41. The van der Waals surface area contributed by atoms with Gasteiger partial charge < -0.3 is 0 Å². The van der Waals surface area contributed by atoms with E-state index < -0.39 is 0 Å². The van der Waals surface area contributed by atoms with Crippen LogP contribution in [-0.4, -0.2) is 5.78 Å². The number of rotatable bonds is 1. The number of hydrogen-bond donors (Lipinski definition) is 0. The van der Waals surface area contributed by atoms with Crippen LogP contribution in [0.15, 0.2) is 18.2 Å². The molecule has 0 aliphatic heterocycles. The molecule has 18 heavy (non-hydrogen) atoms. The minimum absolute atomic E-state index is 0.285. The number of hydrogen-bond acceptors (Lipinski definition) is 1. The van der Waals surface area contributed by atoms with Crippen molar-refractivity contribution in [3.63, 3.8) is 0 Å². The highest BCUT2D eigenvalue weighted by atomic mass is 16.1. The summed E-state index contributed by atoms with van der Waals surface area (Å²) in [5.41, 5.74) is 3.40. The van der Waals surface area contributed by atoms with E-state index in [1.165, 1.54) is 30.4 Å². The van der Waals surface area contributed by atoms with Crippen LogP contribution in [0.1, 0.15) is 74.4 Å². The van der Waals surface area contributed by atoms with Gasteiger partial charge in [-0.15, -0.1) is 0 Å². The van der Waals surface area contributed by atoms with Crippen molar-refractivity contribution in [3.8, 4) is 0 Å². The fourth-order valence-corrected chi connectivity index (χ4v) is 2.93. The maximum Gasteiger partial charge on any atom is 0.168 e. The summed E-state index contributed by atoms with van der Waals surface area (Å²) in [4.78, 5) is 12.6. The van der Waals surface area contributed by atoms with Gasteiger partial charge in [0.05, 0.1) is 0 Å². The summed E-state index contributed by atoms with van der Waals surface area (Å²) in [5, 5.41) is 0. The molecule has 0 aromatic heterocycles. The van der Waals surface area contributed by atoms with Gasteiger partial charge in [-0.25, -0.2) is 0 Å². The zero-order chi connectivity index (χ0) is 13.3. The maximum atomic E-state index is 12.6. The summed E-state index contributed by atoms with van der Waals surface area (Å²) in [6.07, 6.45) is 4.87. The van der Waals surface area contributed by atoms with Gasteiger partial charge in [-0.2, -0.15) is 0 Å². The van der Waals surface area contributed by atoms with E-state index in [-0.39, 0.29) is 11.2 Å². The van der Waals surface area contributed by atoms with Crippen molar-refractivity contribution in [2.45, 2.75) is 59.3 Å². The summed E-state index contributed by atoms with van der Waals surface area (Å²) in [5.74, 6) is 0.804. The molecule has 1 aromatic carbocycles. The molecule has 1 atom stereocenters.